The molecule has 0 aliphatic heterocycles. The maximum absolute atomic E-state index is 12.4. The topological polar surface area (TPSA) is 80.4 Å². The molecule has 33 heavy (non-hydrogen) atoms. The van der Waals surface area contributed by atoms with Gasteiger partial charge in [0.2, 0.25) is 5.91 Å². The number of aliphatic hydroxyl groups is 1. The molecule has 1 amide bonds. The molecule has 0 aromatic rings. The van der Waals surface area contributed by atoms with E-state index in [2.05, 4.69) is 34.6 Å². The SMILES string of the molecule is C/C=C(C(=C/C=O)\[C@]1(C)CC[C@@]2(C)[C@@H]3C[C@](C)(C(N)=O)CC[C@]3(C)CC[C@]2(C)C1)/C(C)=C/O. The first-order valence-corrected chi connectivity index (χ1v) is 12.7. The second-order valence-electron chi connectivity index (χ2n) is 12.8. The Morgan fingerprint density at radius 2 is 1.58 bits per heavy atom. The van der Waals surface area contributed by atoms with Crippen molar-refractivity contribution in [3.05, 3.63) is 35.1 Å². The average molecular weight is 456 g/mol. The summed E-state index contributed by atoms with van der Waals surface area (Å²) in [6.45, 7) is 15.6. The highest BCUT2D eigenvalue weighted by atomic mass is 16.2. The van der Waals surface area contributed by atoms with Crippen LogP contribution >= 0.6 is 0 Å². The van der Waals surface area contributed by atoms with E-state index >= 15 is 0 Å². The zero-order valence-corrected chi connectivity index (χ0v) is 21.9. The van der Waals surface area contributed by atoms with E-state index in [0.717, 1.165) is 74.2 Å². The Kier molecular flexibility index (Phi) is 6.58. The third kappa shape index (κ3) is 3.91. The van der Waals surface area contributed by atoms with E-state index in [-0.39, 0.29) is 27.6 Å². The van der Waals surface area contributed by atoms with Crippen LogP contribution in [0, 0.1) is 33.0 Å². The van der Waals surface area contributed by atoms with Crippen molar-refractivity contribution in [2.24, 2.45) is 38.7 Å². The predicted molar refractivity (Wildman–Crippen MR) is 134 cm³/mol. The zero-order valence-electron chi connectivity index (χ0n) is 21.9. The van der Waals surface area contributed by atoms with Crippen molar-refractivity contribution < 1.29 is 14.7 Å². The van der Waals surface area contributed by atoms with Crippen LogP contribution in [0.5, 0.6) is 0 Å². The number of rotatable bonds is 5. The molecule has 184 valence electrons. The van der Waals surface area contributed by atoms with Crippen molar-refractivity contribution in [1.29, 1.82) is 0 Å². The van der Waals surface area contributed by atoms with Crippen LogP contribution in [-0.2, 0) is 9.59 Å². The fraction of sp³-hybridized carbons (Fsp3) is 0.724. The first kappa shape index (κ1) is 25.8. The molecule has 3 aliphatic carbocycles. The number of primary amides is 1. The highest BCUT2D eigenvalue weighted by Crippen LogP contribution is 2.73. The minimum atomic E-state index is -0.421. The minimum Gasteiger partial charge on any atom is -0.515 e. The number of carbonyl (C=O) groups excluding carboxylic acids is 2. The molecule has 0 aromatic carbocycles. The Morgan fingerprint density at radius 1 is 0.970 bits per heavy atom. The van der Waals surface area contributed by atoms with E-state index < -0.39 is 5.41 Å². The van der Waals surface area contributed by atoms with Crippen LogP contribution in [0.3, 0.4) is 0 Å². The molecule has 0 heterocycles. The predicted octanol–water partition coefficient (Wildman–Crippen LogP) is 6.81. The molecule has 0 radical (unpaired) electrons. The first-order chi connectivity index (χ1) is 15.2. The summed E-state index contributed by atoms with van der Waals surface area (Å²) in [5.41, 5.74) is 8.56. The molecule has 4 nitrogen and oxygen atoms in total. The normalized spacial score (nSPS) is 44.6. The maximum atomic E-state index is 12.4. The number of fused-ring (bicyclic) bond motifs is 3. The highest BCUT2D eigenvalue weighted by molar-refractivity contribution is 5.80. The third-order valence-electron chi connectivity index (χ3n) is 10.8. The zero-order chi connectivity index (χ0) is 24.9. The van der Waals surface area contributed by atoms with E-state index in [0.29, 0.717) is 5.92 Å². The van der Waals surface area contributed by atoms with E-state index in [9.17, 15) is 14.7 Å². The molecule has 0 aromatic heterocycles. The van der Waals surface area contributed by atoms with Crippen molar-refractivity contribution in [3.8, 4) is 0 Å². The van der Waals surface area contributed by atoms with Gasteiger partial charge in [-0.3, -0.25) is 9.59 Å². The number of allylic oxidation sites excluding steroid dienone is 5. The molecule has 3 fully saturated rings. The van der Waals surface area contributed by atoms with Crippen LogP contribution in [0.25, 0.3) is 0 Å². The van der Waals surface area contributed by atoms with E-state index in [1.54, 1.807) is 6.08 Å². The minimum absolute atomic E-state index is 0.0950. The Bertz CT molecular complexity index is 916. The lowest BCUT2D eigenvalue weighted by Gasteiger charge is -2.68. The molecule has 0 bridgehead atoms. The molecule has 0 unspecified atom stereocenters. The summed E-state index contributed by atoms with van der Waals surface area (Å²) >= 11 is 0. The van der Waals surface area contributed by atoms with Crippen molar-refractivity contribution >= 4 is 12.2 Å². The molecule has 0 saturated heterocycles. The van der Waals surface area contributed by atoms with Gasteiger partial charge in [-0.1, -0.05) is 40.7 Å². The lowest BCUT2D eigenvalue weighted by Crippen LogP contribution is -2.61. The van der Waals surface area contributed by atoms with Gasteiger partial charge < -0.3 is 10.8 Å². The lowest BCUT2D eigenvalue weighted by molar-refractivity contribution is -0.188. The molecule has 6 atom stereocenters. The number of nitrogens with two attached hydrogens (primary N) is 1. The molecular weight excluding hydrogens is 410 g/mol. The van der Waals surface area contributed by atoms with Gasteiger partial charge in [-0.2, -0.15) is 0 Å². The first-order valence-electron chi connectivity index (χ1n) is 12.7. The second kappa shape index (κ2) is 8.43. The summed E-state index contributed by atoms with van der Waals surface area (Å²) in [5, 5.41) is 9.71. The highest BCUT2D eigenvalue weighted by Gasteiger charge is 2.65. The van der Waals surface area contributed by atoms with Gasteiger partial charge in [-0.25, -0.2) is 0 Å². The number of aliphatic hydroxyl groups excluding tert-OH is 1. The molecule has 4 heteroatoms. The van der Waals surface area contributed by atoms with Gasteiger partial charge in [0, 0.05) is 5.41 Å². The third-order valence-corrected chi connectivity index (χ3v) is 10.8. The molecule has 3 rings (SSSR count). The van der Waals surface area contributed by atoms with Crippen LogP contribution in [0.2, 0.25) is 0 Å². The lowest BCUT2D eigenvalue weighted by atomic mass is 9.36. The van der Waals surface area contributed by atoms with Crippen molar-refractivity contribution in [3.63, 3.8) is 0 Å². The number of amides is 1. The van der Waals surface area contributed by atoms with Crippen molar-refractivity contribution in [2.75, 3.05) is 0 Å². The Balaban J connectivity index is 2.03. The fourth-order valence-corrected chi connectivity index (χ4v) is 8.15. The summed E-state index contributed by atoms with van der Waals surface area (Å²) in [7, 11) is 0. The maximum Gasteiger partial charge on any atom is 0.223 e. The second-order valence-corrected chi connectivity index (χ2v) is 12.8. The number of carbonyl (C=O) groups is 2. The molecule has 3 saturated carbocycles. The van der Waals surface area contributed by atoms with Crippen LogP contribution < -0.4 is 5.73 Å². The van der Waals surface area contributed by atoms with Crippen molar-refractivity contribution in [2.45, 2.75) is 99.8 Å². The van der Waals surface area contributed by atoms with Crippen molar-refractivity contribution in [1.82, 2.24) is 0 Å². The monoisotopic (exact) mass is 455 g/mol. The van der Waals surface area contributed by atoms with Gasteiger partial charge in [0.15, 0.2) is 0 Å². The number of hydrogen-bond donors (Lipinski definition) is 2. The number of aldehydes is 1. The summed E-state index contributed by atoms with van der Waals surface area (Å²) < 4.78 is 0. The summed E-state index contributed by atoms with van der Waals surface area (Å²) in [4.78, 5) is 24.1. The van der Waals surface area contributed by atoms with E-state index in [4.69, 9.17) is 5.73 Å². The Hall–Kier alpha value is -1.84. The summed E-state index contributed by atoms with van der Waals surface area (Å²) in [5.74, 6) is 0.305. The van der Waals surface area contributed by atoms with Crippen LogP contribution in [0.15, 0.2) is 35.1 Å². The quantitative estimate of drug-likeness (QED) is 0.207. The fourth-order valence-electron chi connectivity index (χ4n) is 8.15. The van der Waals surface area contributed by atoms with Gasteiger partial charge in [0.1, 0.15) is 6.29 Å². The standard InChI is InChI=1S/C29H45NO3/c1-8-21(20(2)18-32)22(9-16-31)27(5)13-15-29(7)23-17-26(4,24(30)33)11-10-25(23,3)12-14-28(29,6)19-27/h8-9,16,18,23,32H,10-15,17,19H2,1-7H3,(H2,30,33)/b20-18+,21-8-,22-9+/t23-,25-,26-,27-,28-,29+/m1/s1. The van der Waals surface area contributed by atoms with Gasteiger partial charge in [-0.05, 0) is 116 Å². The summed E-state index contributed by atoms with van der Waals surface area (Å²) in [6.07, 6.45) is 14.0. The van der Waals surface area contributed by atoms with Gasteiger partial charge >= 0.3 is 0 Å². The number of hydrogen-bond acceptors (Lipinski definition) is 3. The van der Waals surface area contributed by atoms with E-state index in [1.165, 1.54) is 6.42 Å². The van der Waals surface area contributed by atoms with Gasteiger partial charge in [0.25, 0.3) is 0 Å². The van der Waals surface area contributed by atoms with Crippen LogP contribution in [0.1, 0.15) is 99.8 Å². The Morgan fingerprint density at radius 3 is 2.12 bits per heavy atom. The van der Waals surface area contributed by atoms with Gasteiger partial charge in [0.05, 0.1) is 6.26 Å². The molecule has 3 aliphatic rings. The van der Waals surface area contributed by atoms with Gasteiger partial charge in [-0.15, -0.1) is 0 Å². The summed E-state index contributed by atoms with van der Waals surface area (Å²) in [6, 6.07) is 0. The van der Waals surface area contributed by atoms with E-state index in [1.807, 2.05) is 19.9 Å². The molecular formula is C29H45NO3. The smallest absolute Gasteiger partial charge is 0.223 e. The Labute approximate surface area is 200 Å². The average Bonchev–Trinajstić information content (AvgIpc) is 2.76. The van der Waals surface area contributed by atoms with Crippen LogP contribution in [-0.4, -0.2) is 17.3 Å². The van der Waals surface area contributed by atoms with Crippen LogP contribution in [0.4, 0.5) is 0 Å². The molecule has 0 spiro atoms. The molecule has 3 N–H and O–H groups in total. The largest absolute Gasteiger partial charge is 0.515 e.